The molecule has 0 spiro atoms. The number of benzene rings is 2. The first-order valence-corrected chi connectivity index (χ1v) is 12.9. The van der Waals surface area contributed by atoms with Gasteiger partial charge >= 0.3 is 0 Å². The van der Waals surface area contributed by atoms with Gasteiger partial charge in [0, 0.05) is 48.5 Å². The Bertz CT molecular complexity index is 1160. The monoisotopic (exact) mass is 470 g/mol. The van der Waals surface area contributed by atoms with Gasteiger partial charge in [0.15, 0.2) is 0 Å². The number of fused-ring (bicyclic) bond motifs is 1. The van der Waals surface area contributed by atoms with Crippen molar-refractivity contribution in [2.45, 2.75) is 36.6 Å². The minimum atomic E-state index is -3.70. The second kappa shape index (κ2) is 10.6. The summed E-state index contributed by atoms with van der Waals surface area (Å²) >= 11 is 0. The quantitative estimate of drug-likeness (QED) is 0.496. The van der Waals surface area contributed by atoms with E-state index in [1.807, 2.05) is 13.1 Å². The molecule has 0 amide bonds. The minimum absolute atomic E-state index is 0.143. The summed E-state index contributed by atoms with van der Waals surface area (Å²) in [6.45, 7) is 2.56. The molecule has 3 aromatic rings. The molecule has 1 aliphatic rings. The summed E-state index contributed by atoms with van der Waals surface area (Å²) in [6.07, 6.45) is 6.76. The van der Waals surface area contributed by atoms with Crippen molar-refractivity contribution in [1.29, 1.82) is 0 Å². The van der Waals surface area contributed by atoms with Crippen LogP contribution in [0.5, 0.6) is 0 Å². The Balaban J connectivity index is 1.48. The highest BCUT2D eigenvalue weighted by atomic mass is 32.2. The maximum Gasteiger partial charge on any atom is 0.241 e. The van der Waals surface area contributed by atoms with E-state index in [4.69, 9.17) is 0 Å². The van der Waals surface area contributed by atoms with Crippen molar-refractivity contribution in [3.63, 3.8) is 0 Å². The van der Waals surface area contributed by atoms with E-state index in [2.05, 4.69) is 19.9 Å². The number of sulfonamides is 1. The molecule has 8 heteroatoms. The Morgan fingerprint density at radius 2 is 1.91 bits per heavy atom. The van der Waals surface area contributed by atoms with Crippen LogP contribution in [0.3, 0.4) is 0 Å². The van der Waals surface area contributed by atoms with Crippen LogP contribution in [0.1, 0.15) is 25.7 Å². The lowest BCUT2D eigenvalue weighted by molar-refractivity contribution is 0.289. The Morgan fingerprint density at radius 1 is 1.15 bits per heavy atom. The van der Waals surface area contributed by atoms with E-state index in [0.29, 0.717) is 10.3 Å². The van der Waals surface area contributed by atoms with Crippen LogP contribution in [0.4, 0.5) is 10.1 Å². The number of anilines is 1. The zero-order chi connectivity index (χ0) is 23.3. The smallest absolute Gasteiger partial charge is 0.241 e. The molecule has 1 aliphatic heterocycles. The summed E-state index contributed by atoms with van der Waals surface area (Å²) in [5.74, 6) is 0.0329. The van der Waals surface area contributed by atoms with Gasteiger partial charge in [0.2, 0.25) is 10.0 Å². The molecule has 2 aromatic carbocycles. The standard InChI is InChI=1S/C25H31FN4O2S/c1-30(22-9-7-21(26)8-10-22)17-3-5-24(19-11-14-27-15-12-19)29-33(31,32)25-6-2-4-20-18-28-16-13-23(20)25/h2,4,6-10,13,16,18-19,24,27,29H,3,5,11-12,14-15,17H2,1H3. The first-order chi connectivity index (χ1) is 15.9. The zero-order valence-electron chi connectivity index (χ0n) is 18.9. The van der Waals surface area contributed by atoms with Crippen molar-refractivity contribution in [2.75, 3.05) is 31.6 Å². The lowest BCUT2D eigenvalue weighted by atomic mass is 9.88. The predicted octanol–water partition coefficient (Wildman–Crippen LogP) is 3.94. The van der Waals surface area contributed by atoms with Gasteiger partial charge < -0.3 is 10.2 Å². The van der Waals surface area contributed by atoms with Crippen molar-refractivity contribution < 1.29 is 12.8 Å². The van der Waals surface area contributed by atoms with E-state index in [9.17, 15) is 12.8 Å². The number of nitrogens with zero attached hydrogens (tertiary/aromatic N) is 2. The highest BCUT2D eigenvalue weighted by Crippen LogP contribution is 2.26. The number of halogens is 1. The number of hydrogen-bond donors (Lipinski definition) is 2. The lowest BCUT2D eigenvalue weighted by Crippen LogP contribution is -2.44. The molecule has 2 N–H and O–H groups in total. The first-order valence-electron chi connectivity index (χ1n) is 11.5. The van der Waals surface area contributed by atoms with E-state index in [1.165, 1.54) is 12.1 Å². The number of pyridine rings is 1. The highest BCUT2D eigenvalue weighted by Gasteiger charge is 2.29. The molecule has 0 aliphatic carbocycles. The van der Waals surface area contributed by atoms with E-state index < -0.39 is 10.0 Å². The lowest BCUT2D eigenvalue weighted by Gasteiger charge is -2.32. The van der Waals surface area contributed by atoms with Crippen LogP contribution < -0.4 is 14.9 Å². The predicted molar refractivity (Wildman–Crippen MR) is 130 cm³/mol. The molecule has 1 unspecified atom stereocenters. The number of hydrogen-bond acceptors (Lipinski definition) is 5. The Labute approximate surface area is 195 Å². The van der Waals surface area contributed by atoms with Crippen LogP contribution in [-0.2, 0) is 10.0 Å². The molecule has 2 heterocycles. The van der Waals surface area contributed by atoms with Gasteiger partial charge in [-0.3, -0.25) is 4.98 Å². The van der Waals surface area contributed by atoms with Gasteiger partial charge in [0.1, 0.15) is 5.82 Å². The van der Waals surface area contributed by atoms with Crippen LogP contribution in [-0.4, -0.2) is 46.1 Å². The molecule has 1 fully saturated rings. The average Bonchev–Trinajstić information content (AvgIpc) is 2.84. The molecule has 1 aromatic heterocycles. The molecule has 33 heavy (non-hydrogen) atoms. The zero-order valence-corrected chi connectivity index (χ0v) is 19.7. The third-order valence-corrected chi connectivity index (χ3v) is 8.01. The highest BCUT2D eigenvalue weighted by molar-refractivity contribution is 7.89. The van der Waals surface area contributed by atoms with Gasteiger partial charge in [0.05, 0.1) is 4.90 Å². The fraction of sp³-hybridized carbons (Fsp3) is 0.400. The largest absolute Gasteiger partial charge is 0.375 e. The van der Waals surface area contributed by atoms with Crippen LogP contribution in [0.2, 0.25) is 0 Å². The number of rotatable bonds is 9. The molecule has 6 nitrogen and oxygen atoms in total. The molecule has 0 radical (unpaired) electrons. The van der Waals surface area contributed by atoms with Crippen LogP contribution in [0.25, 0.3) is 10.8 Å². The average molecular weight is 471 g/mol. The summed E-state index contributed by atoms with van der Waals surface area (Å²) in [5, 5.41) is 4.85. The van der Waals surface area contributed by atoms with E-state index >= 15 is 0 Å². The fourth-order valence-electron chi connectivity index (χ4n) is 4.60. The van der Waals surface area contributed by atoms with Crippen molar-refractivity contribution in [2.24, 2.45) is 5.92 Å². The summed E-state index contributed by atoms with van der Waals surface area (Å²) in [6, 6.07) is 13.3. The normalized spacial score (nSPS) is 16.1. The first kappa shape index (κ1) is 23.6. The van der Waals surface area contributed by atoms with E-state index in [0.717, 1.165) is 56.4 Å². The topological polar surface area (TPSA) is 74.3 Å². The van der Waals surface area contributed by atoms with Gasteiger partial charge in [-0.1, -0.05) is 12.1 Å². The molecule has 4 rings (SSSR count). The molecule has 1 atom stereocenters. The molecular weight excluding hydrogens is 439 g/mol. The van der Waals surface area contributed by atoms with Gasteiger partial charge in [0.25, 0.3) is 0 Å². The van der Waals surface area contributed by atoms with Crippen molar-refractivity contribution in [3.05, 3.63) is 66.7 Å². The summed E-state index contributed by atoms with van der Waals surface area (Å²) in [7, 11) is -1.72. The maximum absolute atomic E-state index is 13.5. The van der Waals surface area contributed by atoms with Crippen molar-refractivity contribution in [1.82, 2.24) is 15.0 Å². The number of piperidine rings is 1. The third kappa shape index (κ3) is 5.88. The van der Waals surface area contributed by atoms with Crippen LogP contribution >= 0.6 is 0 Å². The molecular formula is C25H31FN4O2S. The van der Waals surface area contributed by atoms with Crippen LogP contribution in [0, 0.1) is 11.7 Å². The van der Waals surface area contributed by atoms with Gasteiger partial charge in [-0.05, 0) is 81.1 Å². The third-order valence-electron chi connectivity index (χ3n) is 6.47. The molecule has 0 bridgehead atoms. The SMILES string of the molecule is CN(CCCC(NS(=O)(=O)c1cccc2cnccc12)C1CCNCC1)c1ccc(F)cc1. The molecule has 1 saturated heterocycles. The summed E-state index contributed by atoms with van der Waals surface area (Å²) in [4.78, 5) is 6.48. The van der Waals surface area contributed by atoms with Gasteiger partial charge in [-0.25, -0.2) is 17.5 Å². The summed E-state index contributed by atoms with van der Waals surface area (Å²) < 4.78 is 43.2. The minimum Gasteiger partial charge on any atom is -0.375 e. The summed E-state index contributed by atoms with van der Waals surface area (Å²) in [5.41, 5.74) is 0.944. The van der Waals surface area contributed by atoms with Gasteiger partial charge in [-0.15, -0.1) is 0 Å². The van der Waals surface area contributed by atoms with E-state index in [1.54, 1.807) is 42.7 Å². The Kier molecular flexibility index (Phi) is 7.57. The second-order valence-electron chi connectivity index (χ2n) is 8.71. The van der Waals surface area contributed by atoms with Crippen molar-refractivity contribution in [3.8, 4) is 0 Å². The number of nitrogens with one attached hydrogen (secondary N) is 2. The van der Waals surface area contributed by atoms with E-state index in [-0.39, 0.29) is 17.8 Å². The maximum atomic E-state index is 13.5. The molecule has 0 saturated carbocycles. The Hall–Kier alpha value is -2.55. The number of aromatic nitrogens is 1. The Morgan fingerprint density at radius 3 is 2.67 bits per heavy atom. The van der Waals surface area contributed by atoms with Gasteiger partial charge in [-0.2, -0.15) is 0 Å². The van der Waals surface area contributed by atoms with Crippen LogP contribution in [0.15, 0.2) is 65.8 Å². The molecule has 176 valence electrons. The second-order valence-corrected chi connectivity index (χ2v) is 10.4. The fourth-order valence-corrected chi connectivity index (χ4v) is 6.17. The van der Waals surface area contributed by atoms with Crippen molar-refractivity contribution >= 4 is 26.5 Å².